The number of aliphatic hydroxyl groups excluding tert-OH is 1. The molecule has 1 atom stereocenters. The minimum atomic E-state index is -0.603. The predicted molar refractivity (Wildman–Crippen MR) is 99.2 cm³/mol. The number of hydrogen-bond donors (Lipinski definition) is 3. The van der Waals surface area contributed by atoms with Gasteiger partial charge in [0.15, 0.2) is 5.13 Å². The van der Waals surface area contributed by atoms with Crippen molar-refractivity contribution in [1.82, 2.24) is 4.98 Å². The number of benzene rings is 2. The quantitative estimate of drug-likeness (QED) is 0.587. The number of aromatic nitrogens is 1. The molecule has 0 aliphatic heterocycles. The Morgan fingerprint density at radius 3 is 2.67 bits per heavy atom. The van der Waals surface area contributed by atoms with Gasteiger partial charge in [0.1, 0.15) is 0 Å². The van der Waals surface area contributed by atoms with Gasteiger partial charge in [0.05, 0.1) is 22.2 Å². The molecule has 0 fully saturated rings. The Balaban J connectivity index is 1.64. The van der Waals surface area contributed by atoms with Crippen molar-refractivity contribution in [1.29, 1.82) is 0 Å². The number of amides is 1. The van der Waals surface area contributed by atoms with Crippen LogP contribution in [0.15, 0.2) is 48.5 Å². The van der Waals surface area contributed by atoms with Crippen molar-refractivity contribution in [3.8, 4) is 0 Å². The second-order valence-electron chi connectivity index (χ2n) is 5.21. The van der Waals surface area contributed by atoms with Gasteiger partial charge in [-0.25, -0.2) is 4.98 Å². The number of carbonyl (C=O) groups is 1. The van der Waals surface area contributed by atoms with Crippen molar-refractivity contribution >= 4 is 49.9 Å². The van der Waals surface area contributed by atoms with Crippen molar-refractivity contribution in [3.05, 3.63) is 54.1 Å². The van der Waals surface area contributed by atoms with E-state index in [9.17, 15) is 9.90 Å². The van der Waals surface area contributed by atoms with E-state index in [1.165, 1.54) is 11.3 Å². The van der Waals surface area contributed by atoms with E-state index in [4.69, 9.17) is 11.6 Å². The van der Waals surface area contributed by atoms with Gasteiger partial charge < -0.3 is 10.4 Å². The first-order valence-corrected chi connectivity index (χ1v) is 8.75. The fourth-order valence-corrected chi connectivity index (χ4v) is 3.09. The van der Waals surface area contributed by atoms with Crippen LogP contribution in [0.2, 0.25) is 0 Å². The lowest BCUT2D eigenvalue weighted by Crippen LogP contribution is -2.20. The number of thiazole rings is 1. The third-order valence-corrected chi connectivity index (χ3v) is 4.69. The monoisotopic (exact) mass is 361 g/mol. The van der Waals surface area contributed by atoms with Crippen LogP contribution in [-0.4, -0.2) is 34.5 Å². The maximum atomic E-state index is 12.3. The van der Waals surface area contributed by atoms with Gasteiger partial charge in [-0.3, -0.25) is 10.1 Å². The summed E-state index contributed by atoms with van der Waals surface area (Å²) in [7, 11) is 0. The van der Waals surface area contributed by atoms with Crippen LogP contribution in [0, 0.1) is 0 Å². The molecule has 1 amide bonds. The number of carbonyl (C=O) groups excluding carboxylic acids is 1. The number of halogens is 1. The summed E-state index contributed by atoms with van der Waals surface area (Å²) in [6.07, 6.45) is -0.603. The van der Waals surface area contributed by atoms with Crippen molar-refractivity contribution in [2.75, 3.05) is 23.1 Å². The van der Waals surface area contributed by atoms with Crippen molar-refractivity contribution in [3.63, 3.8) is 0 Å². The standard InChI is InChI=1S/C17H16ClN3O2S/c18-9-13(22)10-19-12-7-5-11(6-8-12)16(23)21-17-20-14-3-1-2-4-15(14)24-17/h1-8,13,19,22H,9-10H2,(H,20,21,23). The molecule has 0 saturated carbocycles. The number of nitrogens with zero attached hydrogens (tertiary/aromatic N) is 1. The fourth-order valence-electron chi connectivity index (χ4n) is 2.12. The SMILES string of the molecule is O=C(Nc1nc2ccccc2s1)c1ccc(NCC(O)CCl)cc1. The molecule has 1 unspecified atom stereocenters. The molecule has 0 bridgehead atoms. The van der Waals surface area contributed by atoms with E-state index < -0.39 is 6.10 Å². The average Bonchev–Trinajstić information content (AvgIpc) is 3.02. The lowest BCUT2D eigenvalue weighted by Gasteiger charge is -2.10. The molecule has 2 aromatic carbocycles. The van der Waals surface area contributed by atoms with E-state index in [0.717, 1.165) is 15.9 Å². The Kier molecular flexibility index (Phi) is 5.30. The highest BCUT2D eigenvalue weighted by molar-refractivity contribution is 7.22. The molecule has 0 aliphatic rings. The van der Waals surface area contributed by atoms with E-state index in [0.29, 0.717) is 17.2 Å². The number of nitrogens with one attached hydrogen (secondary N) is 2. The fraction of sp³-hybridized carbons (Fsp3) is 0.176. The number of fused-ring (bicyclic) bond motifs is 1. The van der Waals surface area contributed by atoms with Gasteiger partial charge in [-0.15, -0.1) is 11.6 Å². The smallest absolute Gasteiger partial charge is 0.257 e. The molecule has 5 nitrogen and oxygen atoms in total. The Morgan fingerprint density at radius 2 is 1.96 bits per heavy atom. The zero-order chi connectivity index (χ0) is 16.9. The molecular formula is C17H16ClN3O2S. The third-order valence-electron chi connectivity index (χ3n) is 3.38. The van der Waals surface area contributed by atoms with Crippen LogP contribution in [0.3, 0.4) is 0 Å². The molecule has 3 rings (SSSR count). The van der Waals surface area contributed by atoms with Gasteiger partial charge in [0, 0.05) is 17.8 Å². The highest BCUT2D eigenvalue weighted by Gasteiger charge is 2.10. The molecule has 1 heterocycles. The second-order valence-corrected chi connectivity index (χ2v) is 6.55. The number of aliphatic hydroxyl groups is 1. The molecule has 0 saturated heterocycles. The molecule has 3 N–H and O–H groups in total. The highest BCUT2D eigenvalue weighted by atomic mass is 35.5. The van der Waals surface area contributed by atoms with Gasteiger partial charge in [-0.1, -0.05) is 23.5 Å². The summed E-state index contributed by atoms with van der Waals surface area (Å²) >= 11 is 6.99. The summed E-state index contributed by atoms with van der Waals surface area (Å²) in [4.78, 5) is 16.7. The summed E-state index contributed by atoms with van der Waals surface area (Å²) in [6.45, 7) is 0.362. The number of rotatable bonds is 6. The molecule has 1 aromatic heterocycles. The normalized spacial score (nSPS) is 12.1. The minimum Gasteiger partial charge on any atom is -0.390 e. The van der Waals surface area contributed by atoms with Gasteiger partial charge in [-0.05, 0) is 36.4 Å². The molecule has 0 radical (unpaired) electrons. The molecule has 124 valence electrons. The Bertz CT molecular complexity index is 802. The molecule has 24 heavy (non-hydrogen) atoms. The van der Waals surface area contributed by atoms with Crippen LogP contribution < -0.4 is 10.6 Å². The zero-order valence-corrected chi connectivity index (χ0v) is 14.3. The summed E-state index contributed by atoms with van der Waals surface area (Å²) in [6, 6.07) is 14.8. The lowest BCUT2D eigenvalue weighted by atomic mass is 10.2. The summed E-state index contributed by atoms with van der Waals surface area (Å²) in [5, 5.41) is 15.9. The largest absolute Gasteiger partial charge is 0.390 e. The third kappa shape index (κ3) is 4.03. The average molecular weight is 362 g/mol. The van der Waals surface area contributed by atoms with Gasteiger partial charge in [-0.2, -0.15) is 0 Å². The first kappa shape index (κ1) is 16.7. The maximum absolute atomic E-state index is 12.3. The maximum Gasteiger partial charge on any atom is 0.257 e. The van der Waals surface area contributed by atoms with Crippen LogP contribution in [0.25, 0.3) is 10.2 Å². The van der Waals surface area contributed by atoms with Gasteiger partial charge in [0.2, 0.25) is 0 Å². The topological polar surface area (TPSA) is 74.2 Å². The molecule has 7 heteroatoms. The Morgan fingerprint density at radius 1 is 1.21 bits per heavy atom. The van der Waals surface area contributed by atoms with Crippen molar-refractivity contribution < 1.29 is 9.90 Å². The predicted octanol–water partition coefficient (Wildman–Crippen LogP) is 3.56. The number of alkyl halides is 1. The van der Waals surface area contributed by atoms with Crippen LogP contribution in [0.5, 0.6) is 0 Å². The molecular weight excluding hydrogens is 346 g/mol. The van der Waals surface area contributed by atoms with E-state index in [1.54, 1.807) is 24.3 Å². The van der Waals surface area contributed by atoms with Crippen molar-refractivity contribution in [2.45, 2.75) is 6.10 Å². The van der Waals surface area contributed by atoms with E-state index in [1.807, 2.05) is 24.3 Å². The van der Waals surface area contributed by atoms with Crippen LogP contribution >= 0.6 is 22.9 Å². The van der Waals surface area contributed by atoms with Crippen molar-refractivity contribution in [2.24, 2.45) is 0 Å². The highest BCUT2D eigenvalue weighted by Crippen LogP contribution is 2.25. The minimum absolute atomic E-state index is 0.176. The number of hydrogen-bond acceptors (Lipinski definition) is 5. The van der Waals surface area contributed by atoms with Crippen LogP contribution in [-0.2, 0) is 0 Å². The summed E-state index contributed by atoms with van der Waals surface area (Å²) in [5.41, 5.74) is 2.23. The van der Waals surface area contributed by atoms with Crippen LogP contribution in [0.4, 0.5) is 10.8 Å². The van der Waals surface area contributed by atoms with Crippen LogP contribution in [0.1, 0.15) is 10.4 Å². The van der Waals surface area contributed by atoms with E-state index >= 15 is 0 Å². The molecule has 3 aromatic rings. The lowest BCUT2D eigenvalue weighted by molar-refractivity contribution is 0.102. The van der Waals surface area contributed by atoms with Gasteiger partial charge in [0.25, 0.3) is 5.91 Å². The first-order valence-electron chi connectivity index (χ1n) is 7.40. The number of para-hydroxylation sites is 1. The number of anilines is 2. The molecule has 0 aliphatic carbocycles. The Labute approximate surface area is 148 Å². The summed E-state index contributed by atoms with van der Waals surface area (Å²) in [5.74, 6) is -0.0308. The molecule has 0 spiro atoms. The first-order chi connectivity index (χ1) is 11.7. The van der Waals surface area contributed by atoms with E-state index in [-0.39, 0.29) is 11.8 Å². The second kappa shape index (κ2) is 7.61. The Hall–Kier alpha value is -2.15. The summed E-state index contributed by atoms with van der Waals surface area (Å²) < 4.78 is 1.03. The zero-order valence-electron chi connectivity index (χ0n) is 12.7. The van der Waals surface area contributed by atoms with E-state index in [2.05, 4.69) is 15.6 Å². The van der Waals surface area contributed by atoms with Gasteiger partial charge >= 0.3 is 0 Å².